The van der Waals surface area contributed by atoms with Crippen LogP contribution in [0.15, 0.2) is 42.5 Å². The second-order valence-corrected chi connectivity index (χ2v) is 6.20. The van der Waals surface area contributed by atoms with E-state index < -0.39 is 6.10 Å². The Balaban J connectivity index is 2.02. The highest BCUT2D eigenvalue weighted by atomic mass is 35.5. The Kier molecular flexibility index (Phi) is 6.09. The van der Waals surface area contributed by atoms with E-state index in [0.717, 1.165) is 12.1 Å². The monoisotopic (exact) mass is 339 g/mol. The van der Waals surface area contributed by atoms with Gasteiger partial charge in [-0.2, -0.15) is 0 Å². The summed E-state index contributed by atoms with van der Waals surface area (Å²) in [6.07, 6.45) is 0.214. The number of rotatable bonds is 6. The first-order chi connectivity index (χ1) is 10.5. The Hall–Kier alpha value is -1.26. The standard InChI is InChI=1S/C17H19Cl2NO2/c1-20(2)10-9-16(21)12-3-6-14(7-4-12)22-17-8-5-13(18)11-15(17)19/h3-8,11,16,21H,9-10H2,1-2H3. The number of halogens is 2. The van der Waals surface area contributed by atoms with Gasteiger partial charge >= 0.3 is 0 Å². The van der Waals surface area contributed by atoms with Gasteiger partial charge in [-0.3, -0.25) is 0 Å². The average molecular weight is 340 g/mol. The molecular formula is C17H19Cl2NO2. The van der Waals surface area contributed by atoms with Crippen molar-refractivity contribution in [2.45, 2.75) is 12.5 Å². The lowest BCUT2D eigenvalue weighted by Gasteiger charge is -2.15. The quantitative estimate of drug-likeness (QED) is 0.822. The Morgan fingerprint density at radius 2 is 1.77 bits per heavy atom. The van der Waals surface area contributed by atoms with Crippen LogP contribution >= 0.6 is 23.2 Å². The molecule has 118 valence electrons. The third-order valence-electron chi connectivity index (χ3n) is 3.24. The molecule has 0 spiro atoms. The highest BCUT2D eigenvalue weighted by Crippen LogP contribution is 2.32. The van der Waals surface area contributed by atoms with E-state index >= 15 is 0 Å². The van der Waals surface area contributed by atoms with Crippen molar-refractivity contribution in [2.24, 2.45) is 0 Å². The number of benzene rings is 2. The lowest BCUT2D eigenvalue weighted by molar-refractivity contribution is 0.154. The molecule has 2 rings (SSSR count). The Morgan fingerprint density at radius 3 is 2.36 bits per heavy atom. The van der Waals surface area contributed by atoms with Crippen LogP contribution < -0.4 is 4.74 Å². The molecule has 3 nitrogen and oxygen atoms in total. The van der Waals surface area contributed by atoms with E-state index in [1.165, 1.54) is 0 Å². The number of hydrogen-bond acceptors (Lipinski definition) is 3. The molecule has 0 fully saturated rings. The molecule has 0 aromatic heterocycles. The molecule has 5 heteroatoms. The third-order valence-corrected chi connectivity index (χ3v) is 3.77. The molecule has 0 aliphatic carbocycles. The van der Waals surface area contributed by atoms with Crippen LogP contribution in [0.5, 0.6) is 11.5 Å². The summed E-state index contributed by atoms with van der Waals surface area (Å²) in [4.78, 5) is 2.04. The lowest BCUT2D eigenvalue weighted by Crippen LogP contribution is -2.15. The maximum Gasteiger partial charge on any atom is 0.146 e. The maximum absolute atomic E-state index is 10.1. The number of ether oxygens (including phenoxy) is 1. The molecule has 2 aromatic carbocycles. The minimum absolute atomic E-state index is 0.461. The van der Waals surface area contributed by atoms with E-state index in [4.69, 9.17) is 27.9 Å². The molecular weight excluding hydrogens is 321 g/mol. The van der Waals surface area contributed by atoms with Crippen LogP contribution in [0.1, 0.15) is 18.1 Å². The van der Waals surface area contributed by atoms with Crippen molar-refractivity contribution in [1.82, 2.24) is 4.90 Å². The molecule has 0 bridgehead atoms. The fourth-order valence-electron chi connectivity index (χ4n) is 1.99. The average Bonchev–Trinajstić information content (AvgIpc) is 2.48. The van der Waals surface area contributed by atoms with Gasteiger partial charge in [0.25, 0.3) is 0 Å². The van der Waals surface area contributed by atoms with Gasteiger partial charge in [-0.1, -0.05) is 35.3 Å². The highest BCUT2D eigenvalue weighted by molar-refractivity contribution is 6.35. The van der Waals surface area contributed by atoms with Gasteiger partial charge in [0.05, 0.1) is 11.1 Å². The van der Waals surface area contributed by atoms with Crippen molar-refractivity contribution in [1.29, 1.82) is 0 Å². The maximum atomic E-state index is 10.1. The van der Waals surface area contributed by atoms with Gasteiger partial charge in [-0.05, 0) is 56.4 Å². The SMILES string of the molecule is CN(C)CCC(O)c1ccc(Oc2ccc(Cl)cc2Cl)cc1. The van der Waals surface area contributed by atoms with Crippen molar-refractivity contribution >= 4 is 23.2 Å². The Labute approximate surface area is 141 Å². The molecule has 22 heavy (non-hydrogen) atoms. The van der Waals surface area contributed by atoms with Gasteiger partial charge in [0.1, 0.15) is 11.5 Å². The summed E-state index contributed by atoms with van der Waals surface area (Å²) in [6.45, 7) is 0.833. The molecule has 0 amide bonds. The lowest BCUT2D eigenvalue weighted by atomic mass is 10.1. The summed E-state index contributed by atoms with van der Waals surface area (Å²) in [7, 11) is 3.97. The molecule has 1 N–H and O–H groups in total. The molecule has 0 heterocycles. The topological polar surface area (TPSA) is 32.7 Å². The van der Waals surface area contributed by atoms with E-state index in [1.54, 1.807) is 18.2 Å². The van der Waals surface area contributed by atoms with Crippen molar-refractivity contribution in [2.75, 3.05) is 20.6 Å². The van der Waals surface area contributed by atoms with Gasteiger partial charge in [0.15, 0.2) is 0 Å². The zero-order chi connectivity index (χ0) is 16.1. The molecule has 1 atom stereocenters. The minimum atomic E-state index is -0.476. The van der Waals surface area contributed by atoms with Crippen molar-refractivity contribution in [3.63, 3.8) is 0 Å². The Bertz CT molecular complexity index is 615. The predicted octanol–water partition coefficient (Wildman–Crippen LogP) is 4.77. The third kappa shape index (κ3) is 4.89. The van der Waals surface area contributed by atoms with Gasteiger partial charge < -0.3 is 14.7 Å². The summed E-state index contributed by atoms with van der Waals surface area (Å²) >= 11 is 11.9. The predicted molar refractivity (Wildman–Crippen MR) is 91.1 cm³/mol. The van der Waals surface area contributed by atoms with E-state index in [-0.39, 0.29) is 0 Å². The van der Waals surface area contributed by atoms with Crippen LogP contribution in [0.3, 0.4) is 0 Å². The zero-order valence-corrected chi connectivity index (χ0v) is 14.1. The smallest absolute Gasteiger partial charge is 0.146 e. The summed E-state index contributed by atoms with van der Waals surface area (Å²) < 4.78 is 5.72. The molecule has 0 aliphatic heterocycles. The second kappa shape index (κ2) is 7.84. The highest BCUT2D eigenvalue weighted by Gasteiger charge is 2.09. The summed E-state index contributed by atoms with van der Waals surface area (Å²) in [5, 5.41) is 11.1. The molecule has 2 aromatic rings. The van der Waals surface area contributed by atoms with Crippen molar-refractivity contribution in [3.8, 4) is 11.5 Å². The minimum Gasteiger partial charge on any atom is -0.456 e. The second-order valence-electron chi connectivity index (χ2n) is 5.35. The largest absolute Gasteiger partial charge is 0.456 e. The number of nitrogens with zero attached hydrogens (tertiary/aromatic N) is 1. The van der Waals surface area contributed by atoms with Gasteiger partial charge in [-0.25, -0.2) is 0 Å². The van der Waals surface area contributed by atoms with Gasteiger partial charge in [0.2, 0.25) is 0 Å². The van der Waals surface area contributed by atoms with Crippen molar-refractivity contribution in [3.05, 3.63) is 58.1 Å². The summed E-state index contributed by atoms with van der Waals surface area (Å²) in [6, 6.07) is 12.4. The van der Waals surface area contributed by atoms with Gasteiger partial charge in [-0.15, -0.1) is 0 Å². The first-order valence-electron chi connectivity index (χ1n) is 7.01. The normalized spacial score (nSPS) is 12.5. The molecule has 0 aliphatic rings. The van der Waals surface area contributed by atoms with Gasteiger partial charge in [0, 0.05) is 11.6 Å². The fraction of sp³-hybridized carbons (Fsp3) is 0.294. The molecule has 0 saturated carbocycles. The first kappa shape index (κ1) is 17.1. The molecule has 0 saturated heterocycles. The van der Waals surface area contributed by atoms with Crippen LogP contribution in [0, 0.1) is 0 Å². The summed E-state index contributed by atoms with van der Waals surface area (Å²) in [5.41, 5.74) is 0.872. The number of aliphatic hydroxyl groups excluding tert-OH is 1. The fourth-order valence-corrected chi connectivity index (χ4v) is 2.44. The summed E-state index contributed by atoms with van der Waals surface area (Å²) in [5.74, 6) is 1.21. The number of aliphatic hydroxyl groups is 1. The van der Waals surface area contributed by atoms with Crippen LogP contribution in [0.25, 0.3) is 0 Å². The van der Waals surface area contributed by atoms with E-state index in [9.17, 15) is 5.11 Å². The number of hydrogen-bond donors (Lipinski definition) is 1. The van der Waals surface area contributed by atoms with Crippen LogP contribution in [0.4, 0.5) is 0 Å². The zero-order valence-electron chi connectivity index (χ0n) is 12.6. The van der Waals surface area contributed by atoms with Crippen LogP contribution in [-0.4, -0.2) is 30.6 Å². The van der Waals surface area contributed by atoms with Crippen LogP contribution in [0.2, 0.25) is 10.0 Å². The van der Waals surface area contributed by atoms with Crippen molar-refractivity contribution < 1.29 is 9.84 Å². The van der Waals surface area contributed by atoms with Crippen LogP contribution in [-0.2, 0) is 0 Å². The molecule has 1 unspecified atom stereocenters. The first-order valence-corrected chi connectivity index (χ1v) is 7.77. The van der Waals surface area contributed by atoms with E-state index in [0.29, 0.717) is 28.0 Å². The molecule has 0 radical (unpaired) electrons. The Morgan fingerprint density at radius 1 is 1.09 bits per heavy atom. The van der Waals surface area contributed by atoms with E-state index in [2.05, 4.69) is 0 Å². The van der Waals surface area contributed by atoms with E-state index in [1.807, 2.05) is 43.3 Å².